The molecule has 216 valence electrons. The van der Waals surface area contributed by atoms with Crippen molar-refractivity contribution in [3.8, 4) is 11.5 Å². The number of hydrogen-bond donors (Lipinski definition) is 0. The number of thiazole rings is 1. The van der Waals surface area contributed by atoms with Gasteiger partial charge in [0, 0.05) is 26.7 Å². The van der Waals surface area contributed by atoms with Crippen LogP contribution in [0.3, 0.4) is 0 Å². The zero-order chi connectivity index (χ0) is 29.8. The van der Waals surface area contributed by atoms with Gasteiger partial charge in [0.15, 0.2) is 16.3 Å². The van der Waals surface area contributed by atoms with Crippen LogP contribution in [-0.4, -0.2) is 43.8 Å². The zero-order valence-corrected chi connectivity index (χ0v) is 25.2. The average Bonchev–Trinajstić information content (AvgIpc) is 3.21. The number of aromatic nitrogens is 1. The maximum absolute atomic E-state index is 13.9. The lowest BCUT2D eigenvalue weighted by atomic mass is 9.95. The SMILES string of the molecule is CCOc1cc(C2C(C(=O)OCC(C)C)=C(C)N=c3s/c(=C\c4ccc(N(C)C)cc4)c(=O)n32)ccc1OC(C)=O. The monoisotopic (exact) mass is 577 g/mol. The lowest BCUT2D eigenvalue weighted by molar-refractivity contribution is -0.140. The molecule has 0 N–H and O–H groups in total. The van der Waals surface area contributed by atoms with Crippen molar-refractivity contribution < 1.29 is 23.8 Å². The second kappa shape index (κ2) is 12.6. The summed E-state index contributed by atoms with van der Waals surface area (Å²) >= 11 is 1.26. The minimum Gasteiger partial charge on any atom is -0.490 e. The molecule has 1 unspecified atom stereocenters. The minimum absolute atomic E-state index is 0.130. The molecule has 4 rings (SSSR count). The predicted octanol–water partition coefficient (Wildman–Crippen LogP) is 3.82. The summed E-state index contributed by atoms with van der Waals surface area (Å²) in [5.41, 5.74) is 2.97. The van der Waals surface area contributed by atoms with Gasteiger partial charge in [-0.15, -0.1) is 0 Å². The van der Waals surface area contributed by atoms with Gasteiger partial charge >= 0.3 is 11.9 Å². The van der Waals surface area contributed by atoms with Crippen LogP contribution in [0.2, 0.25) is 0 Å². The van der Waals surface area contributed by atoms with Crippen molar-refractivity contribution in [3.05, 3.63) is 84.5 Å². The highest BCUT2D eigenvalue weighted by Crippen LogP contribution is 2.36. The molecule has 9 nitrogen and oxygen atoms in total. The fourth-order valence-corrected chi connectivity index (χ4v) is 5.49. The molecule has 41 heavy (non-hydrogen) atoms. The van der Waals surface area contributed by atoms with Crippen molar-refractivity contribution in [2.75, 3.05) is 32.2 Å². The van der Waals surface area contributed by atoms with E-state index < -0.39 is 18.0 Å². The molecule has 2 aromatic carbocycles. The standard InChI is InChI=1S/C31H35N3O6S/c1-8-38-25-16-22(11-14-24(25)40-20(5)35)28-27(30(37)39-17-18(2)3)19(4)32-31-34(28)29(36)26(41-31)15-21-9-12-23(13-10-21)33(6)7/h9-16,18,28H,8,17H2,1-7H3/b26-15-. The maximum Gasteiger partial charge on any atom is 0.338 e. The smallest absolute Gasteiger partial charge is 0.338 e. The van der Waals surface area contributed by atoms with E-state index in [0.717, 1.165) is 11.3 Å². The Labute approximate surface area is 243 Å². The molecule has 1 aromatic heterocycles. The first-order chi connectivity index (χ1) is 19.5. The second-order valence-corrected chi connectivity index (χ2v) is 11.3. The number of fused-ring (bicyclic) bond motifs is 1. The van der Waals surface area contributed by atoms with Gasteiger partial charge in [-0.1, -0.05) is 43.4 Å². The van der Waals surface area contributed by atoms with Gasteiger partial charge in [0.25, 0.3) is 5.56 Å². The first-order valence-corrected chi connectivity index (χ1v) is 14.2. The summed E-state index contributed by atoms with van der Waals surface area (Å²) in [5.74, 6) is -0.320. The summed E-state index contributed by atoms with van der Waals surface area (Å²) in [7, 11) is 3.93. The largest absolute Gasteiger partial charge is 0.490 e. The van der Waals surface area contributed by atoms with E-state index in [1.165, 1.54) is 22.8 Å². The molecule has 0 spiro atoms. The Hall–Kier alpha value is -4.18. The Kier molecular flexibility index (Phi) is 9.12. The van der Waals surface area contributed by atoms with E-state index in [2.05, 4.69) is 4.99 Å². The molecule has 2 heterocycles. The molecule has 0 saturated carbocycles. The quantitative estimate of drug-likeness (QED) is 0.282. The van der Waals surface area contributed by atoms with Gasteiger partial charge in [-0.25, -0.2) is 9.79 Å². The normalized spacial score (nSPS) is 14.9. The maximum atomic E-state index is 13.9. The van der Waals surface area contributed by atoms with E-state index in [-0.39, 0.29) is 29.4 Å². The summed E-state index contributed by atoms with van der Waals surface area (Å²) in [6.07, 6.45) is 1.83. The Morgan fingerprint density at radius 3 is 2.44 bits per heavy atom. The molecular formula is C31H35N3O6S. The first-order valence-electron chi connectivity index (χ1n) is 13.4. The van der Waals surface area contributed by atoms with Crippen molar-refractivity contribution in [1.82, 2.24) is 4.57 Å². The van der Waals surface area contributed by atoms with Crippen LogP contribution in [0.4, 0.5) is 5.69 Å². The second-order valence-electron chi connectivity index (χ2n) is 10.3. The molecule has 10 heteroatoms. The van der Waals surface area contributed by atoms with E-state index in [4.69, 9.17) is 14.2 Å². The molecule has 3 aromatic rings. The zero-order valence-electron chi connectivity index (χ0n) is 24.4. The highest BCUT2D eigenvalue weighted by atomic mass is 32.1. The molecule has 0 bridgehead atoms. The summed E-state index contributed by atoms with van der Waals surface area (Å²) in [6, 6.07) is 12.1. The van der Waals surface area contributed by atoms with Crippen molar-refractivity contribution in [2.24, 2.45) is 10.9 Å². The molecular weight excluding hydrogens is 542 g/mol. The topological polar surface area (TPSA) is 99.4 Å². The fraction of sp³-hybridized carbons (Fsp3) is 0.355. The van der Waals surface area contributed by atoms with E-state index in [9.17, 15) is 14.4 Å². The molecule has 1 atom stereocenters. The van der Waals surface area contributed by atoms with Crippen LogP contribution in [0.15, 0.2) is 63.5 Å². The number of ether oxygens (including phenoxy) is 3. The number of carbonyl (C=O) groups excluding carboxylic acids is 2. The Morgan fingerprint density at radius 2 is 1.83 bits per heavy atom. The Morgan fingerprint density at radius 1 is 1.12 bits per heavy atom. The predicted molar refractivity (Wildman–Crippen MR) is 159 cm³/mol. The molecule has 0 radical (unpaired) electrons. The van der Waals surface area contributed by atoms with Crippen LogP contribution in [0.5, 0.6) is 11.5 Å². The lowest BCUT2D eigenvalue weighted by Gasteiger charge is -2.25. The summed E-state index contributed by atoms with van der Waals surface area (Å²) in [4.78, 5) is 46.2. The molecule has 0 amide bonds. The number of esters is 2. The van der Waals surface area contributed by atoms with Crippen molar-refractivity contribution in [2.45, 2.75) is 40.7 Å². The molecule has 0 aliphatic carbocycles. The Balaban J connectivity index is 1.90. The van der Waals surface area contributed by atoms with E-state index in [1.54, 1.807) is 25.1 Å². The third-order valence-electron chi connectivity index (χ3n) is 6.33. The molecule has 0 saturated heterocycles. The third-order valence-corrected chi connectivity index (χ3v) is 7.32. The highest BCUT2D eigenvalue weighted by Gasteiger charge is 2.34. The van der Waals surface area contributed by atoms with Crippen molar-refractivity contribution in [3.63, 3.8) is 0 Å². The number of allylic oxidation sites excluding steroid dienone is 1. The summed E-state index contributed by atoms with van der Waals surface area (Å²) in [5, 5.41) is 0. The van der Waals surface area contributed by atoms with Crippen LogP contribution in [0.25, 0.3) is 6.08 Å². The number of nitrogens with zero attached hydrogens (tertiary/aromatic N) is 3. The average molecular weight is 578 g/mol. The van der Waals surface area contributed by atoms with Crippen molar-refractivity contribution >= 4 is 35.0 Å². The molecule has 0 fully saturated rings. The van der Waals surface area contributed by atoms with Gasteiger partial charge in [0.1, 0.15) is 0 Å². The van der Waals surface area contributed by atoms with Gasteiger partial charge in [0.2, 0.25) is 0 Å². The van der Waals surface area contributed by atoms with Crippen molar-refractivity contribution in [1.29, 1.82) is 0 Å². The van der Waals surface area contributed by atoms with Crippen LogP contribution >= 0.6 is 11.3 Å². The van der Waals surface area contributed by atoms with Gasteiger partial charge in [-0.3, -0.25) is 14.2 Å². The number of carbonyl (C=O) groups is 2. The van der Waals surface area contributed by atoms with Gasteiger partial charge in [-0.2, -0.15) is 0 Å². The van der Waals surface area contributed by atoms with Crippen LogP contribution in [0.1, 0.15) is 51.8 Å². The minimum atomic E-state index is -0.824. The van der Waals surface area contributed by atoms with Crippen LogP contribution in [-0.2, 0) is 14.3 Å². The first kappa shape index (κ1) is 29.8. The number of hydrogen-bond acceptors (Lipinski definition) is 9. The van der Waals surface area contributed by atoms with E-state index in [1.807, 2.05) is 70.1 Å². The van der Waals surface area contributed by atoms with Crippen LogP contribution in [0, 0.1) is 5.92 Å². The van der Waals surface area contributed by atoms with Crippen LogP contribution < -0.4 is 29.3 Å². The Bertz CT molecular complexity index is 1660. The van der Waals surface area contributed by atoms with Gasteiger partial charge < -0.3 is 19.1 Å². The molecule has 1 aliphatic heterocycles. The number of anilines is 1. The van der Waals surface area contributed by atoms with E-state index in [0.29, 0.717) is 33.0 Å². The van der Waals surface area contributed by atoms with E-state index >= 15 is 0 Å². The lowest BCUT2D eigenvalue weighted by Crippen LogP contribution is -2.40. The summed E-state index contributed by atoms with van der Waals surface area (Å²) < 4.78 is 18.7. The van der Waals surface area contributed by atoms with Gasteiger partial charge in [0.05, 0.1) is 35.1 Å². The molecule has 1 aliphatic rings. The number of rotatable bonds is 9. The fourth-order valence-electron chi connectivity index (χ4n) is 4.44. The van der Waals surface area contributed by atoms with Gasteiger partial charge in [-0.05, 0) is 61.2 Å². The highest BCUT2D eigenvalue weighted by molar-refractivity contribution is 7.07. The number of benzene rings is 2. The summed E-state index contributed by atoms with van der Waals surface area (Å²) in [6.45, 7) is 9.33. The third kappa shape index (κ3) is 6.59.